The maximum Gasteiger partial charge on any atom is 0.339 e. The third-order valence-corrected chi connectivity index (χ3v) is 7.98. The van der Waals surface area contributed by atoms with Crippen LogP contribution in [0.3, 0.4) is 0 Å². The van der Waals surface area contributed by atoms with Crippen LogP contribution in [-0.2, 0) is 17.8 Å². The molecule has 35 heavy (non-hydrogen) atoms. The number of rotatable bonds is 4. The van der Waals surface area contributed by atoms with E-state index in [1.165, 1.54) is 22.3 Å². The lowest BCUT2D eigenvalue weighted by molar-refractivity contribution is 0.0468. The Morgan fingerprint density at radius 1 is 1.14 bits per heavy atom. The molecule has 5 aromatic rings. The molecule has 0 saturated carbocycles. The molecular weight excluding hydrogens is 478 g/mol. The number of thiophene rings is 1. The number of hydrogen-bond donors (Lipinski definition) is 0. The number of aryl methyl sites for hydroxylation is 1. The Labute approximate surface area is 209 Å². The first kappa shape index (κ1) is 21.9. The van der Waals surface area contributed by atoms with Crippen molar-refractivity contribution in [2.24, 2.45) is 0 Å². The molecule has 0 N–H and O–H groups in total. The first-order valence-electron chi connectivity index (χ1n) is 11.4. The fourth-order valence-corrected chi connectivity index (χ4v) is 6.21. The smallest absolute Gasteiger partial charge is 0.339 e. The quantitative estimate of drug-likeness (QED) is 0.288. The number of carbonyl (C=O) groups is 1. The van der Waals surface area contributed by atoms with Gasteiger partial charge in [0.15, 0.2) is 4.96 Å². The molecule has 6 nitrogen and oxygen atoms in total. The van der Waals surface area contributed by atoms with Crippen LogP contribution in [0.4, 0.5) is 0 Å². The lowest BCUT2D eigenvalue weighted by Gasteiger charge is -2.22. The second-order valence-electron chi connectivity index (χ2n) is 8.53. The Bertz CT molecular complexity index is 1680. The van der Waals surface area contributed by atoms with Gasteiger partial charge in [0.2, 0.25) is 0 Å². The van der Waals surface area contributed by atoms with E-state index in [2.05, 4.69) is 22.5 Å². The maximum atomic E-state index is 13.5. The number of hydrogen-bond acceptors (Lipinski definition) is 7. The molecule has 174 valence electrons. The van der Waals surface area contributed by atoms with Gasteiger partial charge >= 0.3 is 5.97 Å². The molecule has 4 aromatic heterocycles. The van der Waals surface area contributed by atoms with Crippen molar-refractivity contribution in [1.82, 2.24) is 14.4 Å². The van der Waals surface area contributed by atoms with E-state index in [0.717, 1.165) is 52.7 Å². The van der Waals surface area contributed by atoms with E-state index in [9.17, 15) is 9.59 Å². The van der Waals surface area contributed by atoms with Crippen molar-refractivity contribution >= 4 is 56.2 Å². The zero-order chi connectivity index (χ0) is 23.9. The average Bonchev–Trinajstić information content (AvgIpc) is 3.51. The van der Waals surface area contributed by atoms with Gasteiger partial charge in [-0.1, -0.05) is 24.3 Å². The number of allylic oxidation sites excluding steroid dienone is 1. The third-order valence-electron chi connectivity index (χ3n) is 6.21. The highest BCUT2D eigenvalue weighted by Crippen LogP contribution is 2.37. The van der Waals surface area contributed by atoms with Crippen LogP contribution < -0.4 is 5.56 Å². The molecule has 1 aliphatic carbocycles. The summed E-state index contributed by atoms with van der Waals surface area (Å²) in [5, 5.41) is 4.73. The molecule has 0 saturated heterocycles. The summed E-state index contributed by atoms with van der Waals surface area (Å²) in [6, 6.07) is 13.2. The van der Waals surface area contributed by atoms with Crippen LogP contribution in [0.15, 0.2) is 58.0 Å². The molecule has 0 amide bonds. The van der Waals surface area contributed by atoms with Gasteiger partial charge < -0.3 is 4.74 Å². The van der Waals surface area contributed by atoms with Crippen LogP contribution in [0.2, 0.25) is 0 Å². The van der Waals surface area contributed by atoms with E-state index in [4.69, 9.17) is 9.72 Å². The summed E-state index contributed by atoms with van der Waals surface area (Å²) in [7, 11) is 0. The van der Waals surface area contributed by atoms with Crippen molar-refractivity contribution in [1.29, 1.82) is 0 Å². The largest absolute Gasteiger partial charge is 0.456 e. The Morgan fingerprint density at radius 2 is 2.03 bits per heavy atom. The number of ether oxygens (including phenoxy) is 1. The van der Waals surface area contributed by atoms with Crippen LogP contribution >= 0.6 is 22.7 Å². The summed E-state index contributed by atoms with van der Waals surface area (Å²) in [6.07, 6.45) is 4.80. The van der Waals surface area contributed by atoms with Crippen molar-refractivity contribution in [3.05, 3.63) is 96.7 Å². The van der Waals surface area contributed by atoms with Gasteiger partial charge in [0.1, 0.15) is 6.61 Å². The van der Waals surface area contributed by atoms with E-state index >= 15 is 0 Å². The predicted molar refractivity (Wildman–Crippen MR) is 140 cm³/mol. The van der Waals surface area contributed by atoms with Crippen LogP contribution in [0, 0.1) is 6.92 Å². The summed E-state index contributed by atoms with van der Waals surface area (Å²) < 4.78 is 7.31. The van der Waals surface area contributed by atoms with Crippen molar-refractivity contribution in [2.75, 3.05) is 0 Å². The van der Waals surface area contributed by atoms with E-state index in [-0.39, 0.29) is 12.2 Å². The van der Waals surface area contributed by atoms with Gasteiger partial charge in [-0.05, 0) is 60.9 Å². The minimum atomic E-state index is -0.415. The molecule has 4 heterocycles. The van der Waals surface area contributed by atoms with E-state index < -0.39 is 5.97 Å². The highest BCUT2D eigenvalue weighted by molar-refractivity contribution is 7.15. The number of para-hydroxylation sites is 1. The van der Waals surface area contributed by atoms with Crippen molar-refractivity contribution in [2.45, 2.75) is 32.8 Å². The van der Waals surface area contributed by atoms with Gasteiger partial charge in [0, 0.05) is 27.4 Å². The number of pyridine rings is 1. The third kappa shape index (κ3) is 3.98. The molecule has 0 aliphatic heterocycles. The number of thiazole rings is 1. The Kier molecular flexibility index (Phi) is 5.54. The first-order valence-corrected chi connectivity index (χ1v) is 13.1. The van der Waals surface area contributed by atoms with Crippen LogP contribution in [0.25, 0.3) is 27.5 Å². The molecule has 0 spiro atoms. The van der Waals surface area contributed by atoms with E-state index in [1.807, 2.05) is 42.6 Å². The van der Waals surface area contributed by atoms with E-state index in [1.54, 1.807) is 15.7 Å². The van der Waals surface area contributed by atoms with Gasteiger partial charge in [-0.3, -0.25) is 9.20 Å². The topological polar surface area (TPSA) is 73.6 Å². The van der Waals surface area contributed by atoms with Gasteiger partial charge in [0.25, 0.3) is 5.56 Å². The molecule has 0 fully saturated rings. The predicted octanol–water partition coefficient (Wildman–Crippen LogP) is 5.91. The SMILES string of the molecule is Cc1csc2nc(COC(=O)c3c4c(nc5ccccc35)/C(=C/c3cccs3)CCC4)cc(=O)n12. The second kappa shape index (κ2) is 8.87. The van der Waals surface area contributed by atoms with Gasteiger partial charge in [-0.2, -0.15) is 0 Å². The van der Waals surface area contributed by atoms with Gasteiger partial charge in [0.05, 0.1) is 22.5 Å². The number of fused-ring (bicyclic) bond motifs is 3. The zero-order valence-corrected chi connectivity index (χ0v) is 20.6. The minimum absolute atomic E-state index is 0.0646. The molecule has 1 aromatic carbocycles. The molecule has 0 atom stereocenters. The first-order chi connectivity index (χ1) is 17.1. The fraction of sp³-hybridized carbons (Fsp3) is 0.185. The second-order valence-corrected chi connectivity index (χ2v) is 10.3. The molecule has 1 aliphatic rings. The summed E-state index contributed by atoms with van der Waals surface area (Å²) >= 11 is 3.08. The summed E-state index contributed by atoms with van der Waals surface area (Å²) in [4.78, 5) is 37.2. The van der Waals surface area contributed by atoms with Gasteiger partial charge in [-0.15, -0.1) is 22.7 Å². The van der Waals surface area contributed by atoms with Crippen LogP contribution in [0.1, 0.15) is 50.7 Å². The van der Waals surface area contributed by atoms with Crippen molar-refractivity contribution < 1.29 is 9.53 Å². The van der Waals surface area contributed by atoms with E-state index in [0.29, 0.717) is 16.2 Å². The number of aromatic nitrogens is 3. The number of benzene rings is 1. The molecular formula is C27H21N3O3S2. The Balaban J connectivity index is 1.39. The van der Waals surface area contributed by atoms with Crippen molar-refractivity contribution in [3.63, 3.8) is 0 Å². The summed E-state index contributed by atoms with van der Waals surface area (Å²) in [5.74, 6) is -0.415. The molecule has 6 rings (SSSR count). The minimum Gasteiger partial charge on any atom is -0.456 e. The number of carbonyl (C=O) groups excluding carboxylic acids is 1. The fourth-order valence-electron chi connectivity index (χ4n) is 4.64. The Morgan fingerprint density at radius 3 is 2.89 bits per heavy atom. The normalized spacial score (nSPS) is 14.5. The summed E-state index contributed by atoms with van der Waals surface area (Å²) in [5.41, 5.74) is 5.39. The van der Waals surface area contributed by atoms with Crippen LogP contribution in [-0.4, -0.2) is 20.3 Å². The molecule has 0 unspecified atom stereocenters. The lowest BCUT2D eigenvalue weighted by Crippen LogP contribution is -2.18. The summed E-state index contributed by atoms with van der Waals surface area (Å²) in [6.45, 7) is 1.80. The van der Waals surface area contributed by atoms with Crippen LogP contribution in [0.5, 0.6) is 0 Å². The average molecular weight is 500 g/mol. The molecule has 0 bridgehead atoms. The highest BCUT2D eigenvalue weighted by atomic mass is 32.1. The molecule has 0 radical (unpaired) electrons. The monoisotopic (exact) mass is 499 g/mol. The number of esters is 1. The standard InChI is InChI=1S/C27H21N3O3S2/c1-16-15-35-27-28-18(13-23(31)30(16)27)14-33-26(32)24-20-8-2-3-10-22(20)29-25-17(6-4-9-21(24)25)12-19-7-5-11-34-19/h2-3,5,7-8,10-13,15H,4,6,9,14H2,1H3/b17-12+. The van der Waals surface area contributed by atoms with Crippen molar-refractivity contribution in [3.8, 4) is 0 Å². The highest BCUT2D eigenvalue weighted by Gasteiger charge is 2.26. The maximum absolute atomic E-state index is 13.5. The zero-order valence-electron chi connectivity index (χ0n) is 19.0. The molecule has 8 heteroatoms. The number of nitrogens with zero attached hydrogens (tertiary/aromatic N) is 3. The van der Waals surface area contributed by atoms with Gasteiger partial charge in [-0.25, -0.2) is 14.8 Å². The lowest BCUT2D eigenvalue weighted by atomic mass is 9.86. The Hall–Kier alpha value is -3.62.